The van der Waals surface area contributed by atoms with Gasteiger partial charge in [-0.15, -0.1) is 0 Å². The first-order valence-electron chi connectivity index (χ1n) is 7.54. The Kier molecular flexibility index (Phi) is 6.26. The second kappa shape index (κ2) is 8.20. The predicted molar refractivity (Wildman–Crippen MR) is 84.4 cm³/mol. The average Bonchev–Trinajstić information content (AvgIpc) is 2.50. The van der Waals surface area contributed by atoms with Crippen molar-refractivity contribution in [3.05, 3.63) is 29.0 Å². The Morgan fingerprint density at radius 2 is 2.10 bits per heavy atom. The molecule has 0 spiro atoms. The number of rotatable bonds is 5. The highest BCUT2D eigenvalue weighted by Gasteiger charge is 2.20. The second-order valence-corrected chi connectivity index (χ2v) is 5.75. The molecular formula is C15H23ClN4O. The number of pyridine rings is 1. The van der Waals surface area contributed by atoms with Gasteiger partial charge >= 0.3 is 6.03 Å². The van der Waals surface area contributed by atoms with E-state index in [0.717, 1.165) is 57.8 Å². The van der Waals surface area contributed by atoms with Gasteiger partial charge in [0.05, 0.1) is 10.7 Å². The van der Waals surface area contributed by atoms with Gasteiger partial charge in [0.2, 0.25) is 0 Å². The third-order valence-corrected chi connectivity index (χ3v) is 3.86. The minimum Gasteiger partial charge on any atom is -0.338 e. The number of carbonyl (C=O) groups is 1. The maximum atomic E-state index is 11.9. The highest BCUT2D eigenvalue weighted by atomic mass is 35.5. The number of nitrogens with zero attached hydrogens (tertiary/aromatic N) is 3. The van der Waals surface area contributed by atoms with Crippen molar-refractivity contribution in [1.82, 2.24) is 20.1 Å². The van der Waals surface area contributed by atoms with Crippen LogP contribution in [0.3, 0.4) is 0 Å². The van der Waals surface area contributed by atoms with Crippen molar-refractivity contribution in [2.45, 2.75) is 26.3 Å². The second-order valence-electron chi connectivity index (χ2n) is 5.32. The number of carbonyl (C=O) groups excluding carboxylic acids is 1. The smallest absolute Gasteiger partial charge is 0.317 e. The Bertz CT molecular complexity index is 443. The number of hydrogen-bond donors (Lipinski definition) is 1. The summed E-state index contributed by atoms with van der Waals surface area (Å²) < 4.78 is 0. The van der Waals surface area contributed by atoms with Crippen LogP contribution in [0.1, 0.15) is 25.5 Å². The molecule has 0 atom stereocenters. The highest BCUT2D eigenvalue weighted by Crippen LogP contribution is 2.10. The van der Waals surface area contributed by atoms with Crippen LogP contribution in [0.5, 0.6) is 0 Å². The SMILES string of the molecule is CCCCNC(=O)N1CCN(Cc2ccc(Cl)cn2)CC1. The number of urea groups is 1. The molecule has 1 N–H and O–H groups in total. The van der Waals surface area contributed by atoms with E-state index >= 15 is 0 Å². The Morgan fingerprint density at radius 1 is 1.33 bits per heavy atom. The Balaban J connectivity index is 1.72. The monoisotopic (exact) mass is 310 g/mol. The molecule has 1 aliphatic rings. The van der Waals surface area contributed by atoms with E-state index in [4.69, 9.17) is 11.6 Å². The largest absolute Gasteiger partial charge is 0.338 e. The van der Waals surface area contributed by atoms with E-state index in [-0.39, 0.29) is 6.03 Å². The summed E-state index contributed by atoms with van der Waals surface area (Å²) in [6.45, 7) is 7.00. The molecule has 21 heavy (non-hydrogen) atoms. The van der Waals surface area contributed by atoms with Gasteiger partial charge in [0.15, 0.2) is 0 Å². The molecule has 2 heterocycles. The van der Waals surface area contributed by atoms with Gasteiger partial charge in [0.25, 0.3) is 0 Å². The van der Waals surface area contributed by atoms with Crippen molar-refractivity contribution < 1.29 is 4.79 Å². The van der Waals surface area contributed by atoms with Gasteiger partial charge in [0, 0.05) is 45.5 Å². The summed E-state index contributed by atoms with van der Waals surface area (Å²) in [5.74, 6) is 0. The molecule has 2 amide bonds. The Labute approximate surface area is 131 Å². The van der Waals surface area contributed by atoms with Gasteiger partial charge < -0.3 is 10.2 Å². The predicted octanol–water partition coefficient (Wildman–Crippen LogP) is 2.36. The van der Waals surface area contributed by atoms with Crippen LogP contribution in [0.2, 0.25) is 5.02 Å². The molecule has 0 aromatic carbocycles. The third-order valence-electron chi connectivity index (χ3n) is 3.64. The van der Waals surface area contributed by atoms with Gasteiger partial charge in [0.1, 0.15) is 0 Å². The standard InChI is InChI=1S/C15H23ClN4O/c1-2-3-6-17-15(21)20-9-7-19(8-10-20)12-14-5-4-13(16)11-18-14/h4-5,11H,2-3,6-10,12H2,1H3,(H,17,21). The summed E-state index contributed by atoms with van der Waals surface area (Å²) in [6.07, 6.45) is 3.81. The molecule has 1 aromatic heterocycles. The number of piperazine rings is 1. The lowest BCUT2D eigenvalue weighted by Crippen LogP contribution is -2.51. The maximum absolute atomic E-state index is 11.9. The van der Waals surface area contributed by atoms with E-state index in [1.165, 1.54) is 0 Å². The molecule has 2 rings (SSSR count). The average molecular weight is 311 g/mol. The van der Waals surface area contributed by atoms with Crippen molar-refractivity contribution in [2.24, 2.45) is 0 Å². The van der Waals surface area contributed by atoms with E-state index in [0.29, 0.717) is 5.02 Å². The van der Waals surface area contributed by atoms with E-state index in [1.54, 1.807) is 6.20 Å². The number of nitrogens with one attached hydrogen (secondary N) is 1. The number of unbranched alkanes of at least 4 members (excludes halogenated alkanes) is 1. The van der Waals surface area contributed by atoms with Gasteiger partial charge in [-0.2, -0.15) is 0 Å². The van der Waals surface area contributed by atoms with Crippen LogP contribution in [0, 0.1) is 0 Å². The van der Waals surface area contributed by atoms with Crippen molar-refractivity contribution in [3.63, 3.8) is 0 Å². The first kappa shape index (κ1) is 16.0. The van der Waals surface area contributed by atoms with Crippen LogP contribution < -0.4 is 5.32 Å². The molecule has 0 radical (unpaired) electrons. The summed E-state index contributed by atoms with van der Waals surface area (Å²) in [4.78, 5) is 20.5. The molecule has 0 unspecified atom stereocenters. The number of amides is 2. The third kappa shape index (κ3) is 5.17. The van der Waals surface area contributed by atoms with Gasteiger partial charge in [-0.3, -0.25) is 9.88 Å². The van der Waals surface area contributed by atoms with Gasteiger partial charge in [-0.1, -0.05) is 24.9 Å². The molecule has 0 saturated carbocycles. The van der Waals surface area contributed by atoms with Crippen LogP contribution in [0.25, 0.3) is 0 Å². The van der Waals surface area contributed by atoms with Crippen LogP contribution in [0.15, 0.2) is 18.3 Å². The Morgan fingerprint density at radius 3 is 2.71 bits per heavy atom. The van der Waals surface area contributed by atoms with Crippen molar-refractivity contribution in [2.75, 3.05) is 32.7 Å². The molecule has 0 aliphatic carbocycles. The van der Waals surface area contributed by atoms with E-state index in [1.807, 2.05) is 17.0 Å². The fraction of sp³-hybridized carbons (Fsp3) is 0.600. The minimum atomic E-state index is 0.0627. The molecule has 1 aliphatic heterocycles. The van der Waals surface area contributed by atoms with Crippen molar-refractivity contribution in [3.8, 4) is 0 Å². The molecule has 1 saturated heterocycles. The Hall–Kier alpha value is -1.33. The van der Waals surface area contributed by atoms with Gasteiger partial charge in [-0.05, 0) is 18.6 Å². The van der Waals surface area contributed by atoms with Crippen LogP contribution in [0.4, 0.5) is 4.79 Å². The van der Waals surface area contributed by atoms with Gasteiger partial charge in [-0.25, -0.2) is 4.79 Å². The first-order valence-corrected chi connectivity index (χ1v) is 7.92. The van der Waals surface area contributed by atoms with E-state index in [9.17, 15) is 4.79 Å². The summed E-state index contributed by atoms with van der Waals surface area (Å²) in [7, 11) is 0. The number of halogens is 1. The van der Waals surface area contributed by atoms with Crippen LogP contribution in [-0.4, -0.2) is 53.5 Å². The molecule has 0 bridgehead atoms. The summed E-state index contributed by atoms with van der Waals surface area (Å²) in [6, 6.07) is 3.88. The molecule has 116 valence electrons. The minimum absolute atomic E-state index is 0.0627. The number of hydrogen-bond acceptors (Lipinski definition) is 3. The van der Waals surface area contributed by atoms with Crippen molar-refractivity contribution >= 4 is 17.6 Å². The molecular weight excluding hydrogens is 288 g/mol. The maximum Gasteiger partial charge on any atom is 0.317 e. The molecule has 1 aromatic rings. The van der Waals surface area contributed by atoms with E-state index < -0.39 is 0 Å². The zero-order valence-electron chi connectivity index (χ0n) is 12.5. The molecule has 6 heteroatoms. The quantitative estimate of drug-likeness (QED) is 0.849. The lowest BCUT2D eigenvalue weighted by molar-refractivity contribution is 0.134. The van der Waals surface area contributed by atoms with Crippen LogP contribution >= 0.6 is 11.6 Å². The summed E-state index contributed by atoms with van der Waals surface area (Å²) in [5.41, 5.74) is 1.01. The molecule has 5 nitrogen and oxygen atoms in total. The van der Waals surface area contributed by atoms with Crippen molar-refractivity contribution in [1.29, 1.82) is 0 Å². The fourth-order valence-corrected chi connectivity index (χ4v) is 2.43. The molecule has 1 fully saturated rings. The lowest BCUT2D eigenvalue weighted by Gasteiger charge is -2.34. The zero-order chi connectivity index (χ0) is 15.1. The normalized spacial score (nSPS) is 16.0. The first-order chi connectivity index (χ1) is 10.2. The number of aromatic nitrogens is 1. The fourth-order valence-electron chi connectivity index (χ4n) is 2.32. The highest BCUT2D eigenvalue weighted by molar-refractivity contribution is 6.30. The van der Waals surface area contributed by atoms with E-state index in [2.05, 4.69) is 22.1 Å². The zero-order valence-corrected chi connectivity index (χ0v) is 13.3. The van der Waals surface area contributed by atoms with Crippen LogP contribution in [-0.2, 0) is 6.54 Å². The topological polar surface area (TPSA) is 48.5 Å². The summed E-state index contributed by atoms with van der Waals surface area (Å²) >= 11 is 5.83. The lowest BCUT2D eigenvalue weighted by atomic mass is 10.2. The summed E-state index contributed by atoms with van der Waals surface area (Å²) in [5, 5.41) is 3.63.